The molecule has 1 N–H and O–H groups in total. The maximum Gasteiger partial charge on any atom is 0.120 e. The summed E-state index contributed by atoms with van der Waals surface area (Å²) in [6, 6.07) is 7.64. The molecule has 1 aromatic carbocycles. The summed E-state index contributed by atoms with van der Waals surface area (Å²) in [6.07, 6.45) is 12.9. The lowest BCUT2D eigenvalue weighted by Crippen LogP contribution is -2.45. The highest BCUT2D eigenvalue weighted by Crippen LogP contribution is 2.40. The van der Waals surface area contributed by atoms with Crippen molar-refractivity contribution in [3.05, 3.63) is 29.3 Å². The van der Waals surface area contributed by atoms with Gasteiger partial charge in [0.1, 0.15) is 11.4 Å². The molecule has 0 unspecified atom stereocenters. The van der Waals surface area contributed by atoms with Gasteiger partial charge in [0.25, 0.3) is 0 Å². The molecule has 0 heterocycles. The van der Waals surface area contributed by atoms with Gasteiger partial charge in [0.05, 0.1) is 0 Å². The van der Waals surface area contributed by atoms with Crippen LogP contribution in [0.2, 0.25) is 0 Å². The van der Waals surface area contributed by atoms with Gasteiger partial charge < -0.3 is 10.1 Å². The Morgan fingerprint density at radius 1 is 1.05 bits per heavy atom. The maximum atomic E-state index is 6.47. The highest BCUT2D eigenvalue weighted by Gasteiger charge is 2.39. The van der Waals surface area contributed by atoms with Crippen molar-refractivity contribution < 1.29 is 4.74 Å². The van der Waals surface area contributed by atoms with Crippen LogP contribution in [0.4, 0.5) is 0 Å². The normalized spacial score (nSPS) is 23.2. The molecule has 0 radical (unpaired) electrons. The molecule has 2 heteroatoms. The van der Waals surface area contributed by atoms with E-state index in [-0.39, 0.29) is 5.60 Å². The fraction of sp³-hybridized carbons (Fsp3) is 0.684. The van der Waals surface area contributed by atoms with Crippen LogP contribution in [0.1, 0.15) is 62.5 Å². The maximum absolute atomic E-state index is 6.47. The van der Waals surface area contributed by atoms with Crippen LogP contribution < -0.4 is 10.1 Å². The molecule has 3 aliphatic rings. The van der Waals surface area contributed by atoms with Crippen molar-refractivity contribution in [3.63, 3.8) is 0 Å². The zero-order valence-corrected chi connectivity index (χ0v) is 13.0. The third-order valence-corrected chi connectivity index (χ3v) is 5.51. The standard InChI is InChI=1S/C19H27NO/c1-2-5-16-14-18(9-6-15(16)4-1)21-19(10-3-11-19)12-13-20-17-7-8-17/h6,9,14,17,20H,1-5,7-8,10-13H2. The van der Waals surface area contributed by atoms with Crippen LogP contribution in [0.25, 0.3) is 0 Å². The Morgan fingerprint density at radius 2 is 1.86 bits per heavy atom. The van der Waals surface area contributed by atoms with Gasteiger partial charge in [-0.05, 0) is 94.0 Å². The Labute approximate surface area is 128 Å². The summed E-state index contributed by atoms with van der Waals surface area (Å²) < 4.78 is 6.47. The number of aryl methyl sites for hydroxylation is 2. The molecule has 2 fully saturated rings. The minimum Gasteiger partial charge on any atom is -0.487 e. The average Bonchev–Trinajstić information content (AvgIpc) is 3.28. The minimum atomic E-state index is 0.130. The van der Waals surface area contributed by atoms with Crippen molar-refractivity contribution in [2.75, 3.05) is 6.54 Å². The largest absolute Gasteiger partial charge is 0.487 e. The lowest BCUT2D eigenvalue weighted by Gasteiger charge is -2.42. The highest BCUT2D eigenvalue weighted by atomic mass is 16.5. The predicted molar refractivity (Wildman–Crippen MR) is 85.9 cm³/mol. The van der Waals surface area contributed by atoms with Gasteiger partial charge >= 0.3 is 0 Å². The SMILES string of the molecule is c1cc2c(cc1OC1(CCNC3CC3)CCC1)CCCC2. The number of nitrogens with one attached hydrogen (secondary N) is 1. The summed E-state index contributed by atoms with van der Waals surface area (Å²) in [7, 11) is 0. The lowest BCUT2D eigenvalue weighted by molar-refractivity contribution is -0.0143. The molecule has 0 aromatic heterocycles. The van der Waals surface area contributed by atoms with E-state index in [4.69, 9.17) is 4.74 Å². The van der Waals surface area contributed by atoms with E-state index in [1.165, 1.54) is 69.8 Å². The number of benzene rings is 1. The Kier molecular flexibility index (Phi) is 3.66. The van der Waals surface area contributed by atoms with E-state index in [0.717, 1.165) is 18.3 Å². The van der Waals surface area contributed by atoms with Crippen molar-refractivity contribution in [1.29, 1.82) is 0 Å². The zero-order chi connectivity index (χ0) is 14.1. The van der Waals surface area contributed by atoms with Crippen LogP contribution in [0.3, 0.4) is 0 Å². The second kappa shape index (κ2) is 5.64. The van der Waals surface area contributed by atoms with Gasteiger partial charge in [0.2, 0.25) is 0 Å². The van der Waals surface area contributed by atoms with Crippen LogP contribution in [0.5, 0.6) is 5.75 Å². The van der Waals surface area contributed by atoms with E-state index in [0.29, 0.717) is 0 Å². The molecule has 0 saturated heterocycles. The Hall–Kier alpha value is -1.02. The van der Waals surface area contributed by atoms with Gasteiger partial charge in [-0.2, -0.15) is 0 Å². The van der Waals surface area contributed by atoms with Crippen molar-refractivity contribution in [3.8, 4) is 5.75 Å². The van der Waals surface area contributed by atoms with E-state index in [9.17, 15) is 0 Å². The molecular formula is C19H27NO. The fourth-order valence-corrected chi connectivity index (χ4v) is 3.79. The number of fused-ring (bicyclic) bond motifs is 1. The third kappa shape index (κ3) is 3.11. The zero-order valence-electron chi connectivity index (χ0n) is 13.0. The van der Waals surface area contributed by atoms with Gasteiger partial charge in [-0.15, -0.1) is 0 Å². The lowest BCUT2D eigenvalue weighted by atomic mass is 9.77. The van der Waals surface area contributed by atoms with E-state index in [2.05, 4.69) is 23.5 Å². The van der Waals surface area contributed by atoms with Gasteiger partial charge in [-0.25, -0.2) is 0 Å². The van der Waals surface area contributed by atoms with Crippen molar-refractivity contribution >= 4 is 0 Å². The second-order valence-electron chi connectivity index (χ2n) is 7.25. The van der Waals surface area contributed by atoms with E-state index in [1.807, 2.05) is 0 Å². The van der Waals surface area contributed by atoms with Crippen LogP contribution in [-0.4, -0.2) is 18.2 Å². The number of hydrogen-bond donors (Lipinski definition) is 1. The summed E-state index contributed by atoms with van der Waals surface area (Å²) >= 11 is 0. The minimum absolute atomic E-state index is 0.130. The van der Waals surface area contributed by atoms with Gasteiger partial charge in [-0.3, -0.25) is 0 Å². The summed E-state index contributed by atoms with van der Waals surface area (Å²) in [6.45, 7) is 1.12. The summed E-state index contributed by atoms with van der Waals surface area (Å²) in [5.41, 5.74) is 3.21. The summed E-state index contributed by atoms with van der Waals surface area (Å²) in [4.78, 5) is 0. The van der Waals surface area contributed by atoms with Crippen LogP contribution in [0.15, 0.2) is 18.2 Å². The number of ether oxygens (including phenoxy) is 1. The predicted octanol–water partition coefficient (Wildman–Crippen LogP) is 4.01. The van der Waals surface area contributed by atoms with Crippen LogP contribution >= 0.6 is 0 Å². The smallest absolute Gasteiger partial charge is 0.120 e. The highest BCUT2D eigenvalue weighted by molar-refractivity contribution is 5.37. The second-order valence-corrected chi connectivity index (χ2v) is 7.25. The van der Waals surface area contributed by atoms with Gasteiger partial charge in [0.15, 0.2) is 0 Å². The molecule has 0 amide bonds. The molecule has 4 rings (SSSR count). The van der Waals surface area contributed by atoms with Crippen molar-refractivity contribution in [1.82, 2.24) is 5.32 Å². The molecule has 2 saturated carbocycles. The summed E-state index contributed by atoms with van der Waals surface area (Å²) in [5, 5.41) is 3.64. The molecule has 114 valence electrons. The molecule has 21 heavy (non-hydrogen) atoms. The fourth-order valence-electron chi connectivity index (χ4n) is 3.79. The van der Waals surface area contributed by atoms with Gasteiger partial charge in [0, 0.05) is 6.04 Å². The molecule has 0 bridgehead atoms. The topological polar surface area (TPSA) is 21.3 Å². The third-order valence-electron chi connectivity index (χ3n) is 5.51. The first-order valence-corrected chi connectivity index (χ1v) is 8.87. The first-order chi connectivity index (χ1) is 10.3. The molecule has 0 aliphatic heterocycles. The average molecular weight is 285 g/mol. The van der Waals surface area contributed by atoms with Crippen molar-refractivity contribution in [2.24, 2.45) is 0 Å². The van der Waals surface area contributed by atoms with Crippen molar-refractivity contribution in [2.45, 2.75) is 75.9 Å². The monoisotopic (exact) mass is 285 g/mol. The molecule has 0 atom stereocenters. The number of rotatable bonds is 6. The molecule has 1 aromatic rings. The summed E-state index contributed by atoms with van der Waals surface area (Å²) in [5.74, 6) is 1.11. The van der Waals surface area contributed by atoms with E-state index >= 15 is 0 Å². The molecule has 0 spiro atoms. The molecule has 2 nitrogen and oxygen atoms in total. The van der Waals surface area contributed by atoms with Crippen LogP contribution in [0, 0.1) is 0 Å². The molecule has 3 aliphatic carbocycles. The van der Waals surface area contributed by atoms with Gasteiger partial charge in [-0.1, -0.05) is 6.07 Å². The first-order valence-electron chi connectivity index (χ1n) is 8.87. The Balaban J connectivity index is 1.40. The van der Waals surface area contributed by atoms with Crippen LogP contribution in [-0.2, 0) is 12.8 Å². The number of hydrogen-bond acceptors (Lipinski definition) is 2. The van der Waals surface area contributed by atoms with E-state index < -0.39 is 0 Å². The first kappa shape index (κ1) is 13.6. The Bertz CT molecular complexity index is 502. The Morgan fingerprint density at radius 3 is 2.57 bits per heavy atom. The molecular weight excluding hydrogens is 258 g/mol. The van der Waals surface area contributed by atoms with E-state index in [1.54, 1.807) is 5.56 Å². The quantitative estimate of drug-likeness (QED) is 0.852.